The van der Waals surface area contributed by atoms with Crippen molar-refractivity contribution < 1.29 is 17.6 Å². The zero-order valence-electron chi connectivity index (χ0n) is 54.5. The summed E-state index contributed by atoms with van der Waals surface area (Å²) in [4.78, 5) is 38.9. The van der Waals surface area contributed by atoms with Gasteiger partial charge in [-0.1, -0.05) is 253 Å². The average molecular weight is 1240 g/mol. The molecule has 0 N–H and O–H groups in total. The number of alkyl halides is 3. The zero-order chi connectivity index (χ0) is 66.0. The van der Waals surface area contributed by atoms with E-state index in [9.17, 15) is 17.6 Å². The van der Waals surface area contributed by atoms with Crippen LogP contribution < -0.4 is 0 Å². The van der Waals surface area contributed by atoms with E-state index in [4.69, 9.17) is 39.9 Å². The van der Waals surface area contributed by atoms with Crippen molar-refractivity contribution in [3.63, 3.8) is 0 Å². The Hall–Kier alpha value is -10.2. The highest BCUT2D eigenvalue weighted by Gasteiger charge is 2.30. The van der Waals surface area contributed by atoms with Crippen LogP contribution in [0.1, 0.15) is 111 Å². The van der Waals surface area contributed by atoms with Crippen LogP contribution in [0.4, 0.5) is 17.6 Å². The van der Waals surface area contributed by atoms with Crippen molar-refractivity contribution in [2.75, 3.05) is 0 Å². The average Bonchev–Trinajstić information content (AvgIpc) is 0.893. The van der Waals surface area contributed by atoms with E-state index >= 15 is 0 Å². The topological polar surface area (TPSA) is 103 Å². The van der Waals surface area contributed by atoms with E-state index in [1.807, 2.05) is 79.0 Å². The van der Waals surface area contributed by atoms with Gasteiger partial charge in [-0.2, -0.15) is 13.2 Å². The Balaban J connectivity index is 0.000000191. The van der Waals surface area contributed by atoms with Crippen LogP contribution in [0.25, 0.3) is 113 Å². The highest BCUT2D eigenvalue weighted by molar-refractivity contribution is 5.74. The first-order chi connectivity index (χ1) is 44.1. The van der Waals surface area contributed by atoms with Crippen molar-refractivity contribution in [1.82, 2.24) is 39.9 Å². The SMILES string of the molecule is CC(C)(C)c1ccc(-c2nc(-c3ccc(C(C)(C)C)cc3)nc(-c3ccc(-c4ccc(-c5ccc(C(F)(F)F)cc5)cc4)nc3)n2)cc1.CC(C)(C)c1ccc(-c2nc(-c3ccc(C(C)(C)C)cc3)nc(-c3ccc(-c4ccc(-c5ccc(F)cc5)cc4)nc3)n2)cc1. The van der Waals surface area contributed by atoms with Gasteiger partial charge in [-0.15, -0.1) is 0 Å². The summed E-state index contributed by atoms with van der Waals surface area (Å²) in [5, 5.41) is 0. The molecule has 0 bridgehead atoms. The molecule has 0 aliphatic carbocycles. The largest absolute Gasteiger partial charge is 0.416 e. The summed E-state index contributed by atoms with van der Waals surface area (Å²) < 4.78 is 52.3. The van der Waals surface area contributed by atoms with E-state index in [1.54, 1.807) is 18.3 Å². The summed E-state index contributed by atoms with van der Waals surface area (Å²) in [6, 6.07) is 68.9. The Morgan fingerprint density at radius 3 is 0.634 bits per heavy atom. The molecule has 93 heavy (non-hydrogen) atoms. The van der Waals surface area contributed by atoms with Crippen molar-refractivity contribution in [2.24, 2.45) is 0 Å². The van der Waals surface area contributed by atoms with Crippen molar-refractivity contribution in [3.8, 4) is 113 Å². The lowest BCUT2D eigenvalue weighted by atomic mass is 9.86. The third-order valence-electron chi connectivity index (χ3n) is 16.4. The summed E-state index contributed by atoms with van der Waals surface area (Å²) in [6.45, 7) is 26.4. The minimum atomic E-state index is -4.36. The second kappa shape index (κ2) is 25.8. The molecular formula is C81H74F4N8. The van der Waals surface area contributed by atoms with Crippen molar-refractivity contribution in [1.29, 1.82) is 0 Å². The number of nitrogens with zero attached hydrogens (tertiary/aromatic N) is 8. The van der Waals surface area contributed by atoms with E-state index in [-0.39, 0.29) is 27.5 Å². The summed E-state index contributed by atoms with van der Waals surface area (Å²) >= 11 is 0. The number of aromatic nitrogens is 8. The predicted octanol–water partition coefficient (Wildman–Crippen LogP) is 21.6. The van der Waals surface area contributed by atoms with Gasteiger partial charge >= 0.3 is 6.18 Å². The molecule has 0 unspecified atom stereocenters. The molecule has 4 aromatic heterocycles. The smallest absolute Gasteiger partial charge is 0.255 e. The number of pyridine rings is 2. The van der Waals surface area contributed by atoms with Crippen LogP contribution in [0.3, 0.4) is 0 Å². The molecule has 12 rings (SSSR count). The van der Waals surface area contributed by atoms with Crippen molar-refractivity contribution >= 4 is 0 Å². The number of hydrogen-bond acceptors (Lipinski definition) is 8. The maximum absolute atomic E-state index is 13.3. The van der Waals surface area contributed by atoms with E-state index in [0.29, 0.717) is 40.5 Å². The first-order valence-electron chi connectivity index (χ1n) is 31.1. The van der Waals surface area contributed by atoms with E-state index < -0.39 is 11.7 Å². The fraction of sp³-hybridized carbons (Fsp3) is 0.210. The summed E-state index contributed by atoms with van der Waals surface area (Å²) in [7, 11) is 0. The molecule has 466 valence electrons. The molecule has 12 heteroatoms. The Labute approximate surface area is 543 Å². The van der Waals surface area contributed by atoms with E-state index in [0.717, 1.165) is 84.7 Å². The van der Waals surface area contributed by atoms with Gasteiger partial charge in [0.2, 0.25) is 0 Å². The molecule has 0 radical (unpaired) electrons. The first kappa shape index (κ1) is 64.3. The van der Waals surface area contributed by atoms with Gasteiger partial charge in [0.1, 0.15) is 5.82 Å². The van der Waals surface area contributed by atoms with Crippen LogP contribution >= 0.6 is 0 Å². The fourth-order valence-electron chi connectivity index (χ4n) is 10.6. The van der Waals surface area contributed by atoms with Crippen molar-refractivity contribution in [2.45, 2.75) is 111 Å². The number of hydrogen-bond donors (Lipinski definition) is 0. The van der Waals surface area contributed by atoms with Crippen LogP contribution in [-0.4, -0.2) is 39.9 Å². The van der Waals surface area contributed by atoms with Gasteiger partial charge in [-0.3, -0.25) is 9.97 Å². The number of rotatable bonds is 10. The highest BCUT2D eigenvalue weighted by Crippen LogP contribution is 2.36. The Morgan fingerprint density at radius 2 is 0.409 bits per heavy atom. The molecule has 0 saturated heterocycles. The molecule has 8 aromatic carbocycles. The second-order valence-electron chi connectivity index (χ2n) is 27.5. The van der Waals surface area contributed by atoms with Crippen LogP contribution in [0, 0.1) is 5.82 Å². The number of halogens is 4. The lowest BCUT2D eigenvalue weighted by Gasteiger charge is -2.19. The molecule has 0 spiro atoms. The Bertz CT molecular complexity index is 4370. The minimum absolute atomic E-state index is 0.0265. The normalized spacial score (nSPS) is 12.1. The molecule has 0 atom stereocenters. The van der Waals surface area contributed by atoms with Crippen LogP contribution in [-0.2, 0) is 27.8 Å². The molecule has 0 aliphatic rings. The first-order valence-corrected chi connectivity index (χ1v) is 31.1. The molecule has 0 aliphatic heterocycles. The molecule has 12 aromatic rings. The lowest BCUT2D eigenvalue weighted by molar-refractivity contribution is -0.137. The van der Waals surface area contributed by atoms with Gasteiger partial charge in [0, 0.05) is 56.9 Å². The maximum atomic E-state index is 13.3. The van der Waals surface area contributed by atoms with Crippen LogP contribution in [0.5, 0.6) is 0 Å². The quantitative estimate of drug-likeness (QED) is 0.125. The summed E-state index contributed by atoms with van der Waals surface area (Å²) in [5.74, 6) is 3.25. The molecule has 0 fully saturated rings. The molecule has 0 saturated carbocycles. The molecule has 0 amide bonds. The third-order valence-corrected chi connectivity index (χ3v) is 16.4. The minimum Gasteiger partial charge on any atom is -0.255 e. The van der Waals surface area contributed by atoms with Gasteiger partial charge in [0.25, 0.3) is 0 Å². The maximum Gasteiger partial charge on any atom is 0.416 e. The zero-order valence-corrected chi connectivity index (χ0v) is 54.5. The second-order valence-corrected chi connectivity index (χ2v) is 27.5. The Morgan fingerprint density at radius 1 is 0.215 bits per heavy atom. The van der Waals surface area contributed by atoms with Gasteiger partial charge in [0.05, 0.1) is 17.0 Å². The molecular weight excluding hydrogens is 1160 g/mol. The van der Waals surface area contributed by atoms with Gasteiger partial charge in [-0.05, 0) is 115 Å². The fourth-order valence-corrected chi connectivity index (χ4v) is 10.6. The van der Waals surface area contributed by atoms with E-state index in [1.165, 1.54) is 46.5 Å². The Kier molecular flexibility index (Phi) is 17.9. The van der Waals surface area contributed by atoms with Gasteiger partial charge in [-0.25, -0.2) is 34.3 Å². The standard InChI is InChI=1S/C41H37F3N4.C40H37FN4/c1-39(2,3)32-18-13-29(14-19-32)36-46-37(30-15-20-33(21-16-30)40(4,5)6)48-38(47-36)31-17-24-35(45-25-31)28-9-7-26(8-10-28)27-11-22-34(23-12-27)41(42,43)44;1-39(2,3)32-18-11-29(12-19-32)36-43-37(30-13-20-33(21-14-30)40(4,5)6)45-38(44-36)31-17-24-35(42-25-31)28-9-7-26(8-10-28)27-15-22-34(41)23-16-27/h7-25H,1-6H3;7-25H,1-6H3. The summed E-state index contributed by atoms with van der Waals surface area (Å²) in [5.41, 5.74) is 16.7. The van der Waals surface area contributed by atoms with Gasteiger partial charge < -0.3 is 0 Å². The van der Waals surface area contributed by atoms with Crippen LogP contribution in [0.2, 0.25) is 0 Å². The predicted molar refractivity (Wildman–Crippen MR) is 369 cm³/mol. The molecule has 4 heterocycles. The van der Waals surface area contributed by atoms with E-state index in [2.05, 4.69) is 180 Å². The van der Waals surface area contributed by atoms with Gasteiger partial charge in [0.15, 0.2) is 34.9 Å². The summed E-state index contributed by atoms with van der Waals surface area (Å²) in [6.07, 6.45) is -0.787. The lowest BCUT2D eigenvalue weighted by Crippen LogP contribution is -2.11. The monoisotopic (exact) mass is 1230 g/mol. The third kappa shape index (κ3) is 15.4. The van der Waals surface area contributed by atoms with Crippen LogP contribution in [0.15, 0.2) is 231 Å². The number of benzene rings is 8. The van der Waals surface area contributed by atoms with Crippen molar-refractivity contribution in [3.05, 3.63) is 264 Å². The molecule has 8 nitrogen and oxygen atoms in total. The highest BCUT2D eigenvalue weighted by atomic mass is 19.4.